The van der Waals surface area contributed by atoms with E-state index in [9.17, 15) is 22.8 Å². The minimum Gasteiger partial charge on any atom is -0.491 e. The van der Waals surface area contributed by atoms with Gasteiger partial charge in [-0.15, -0.1) is 0 Å². The minimum absolute atomic E-state index is 0.0465. The van der Waals surface area contributed by atoms with Crippen molar-refractivity contribution in [3.8, 4) is 17.5 Å². The minimum atomic E-state index is -4.63. The highest BCUT2D eigenvalue weighted by Gasteiger charge is 2.33. The molecule has 3 aromatic rings. The third-order valence-electron chi connectivity index (χ3n) is 7.74. The number of nitrogens with one attached hydrogen (secondary N) is 4. The summed E-state index contributed by atoms with van der Waals surface area (Å²) in [5.74, 6) is -0.770. The van der Waals surface area contributed by atoms with Crippen LogP contribution in [0.1, 0.15) is 28.8 Å². The van der Waals surface area contributed by atoms with Gasteiger partial charge in [0.1, 0.15) is 30.8 Å². The quantitative estimate of drug-likeness (QED) is 0.216. The van der Waals surface area contributed by atoms with Gasteiger partial charge in [0, 0.05) is 30.8 Å². The Labute approximate surface area is 291 Å². The maximum absolute atomic E-state index is 13.6. The molecule has 2 unspecified atom stereocenters. The summed E-state index contributed by atoms with van der Waals surface area (Å²) in [5, 5.41) is 11.9. The highest BCUT2D eigenvalue weighted by molar-refractivity contribution is 5.99. The van der Waals surface area contributed by atoms with E-state index in [1.807, 2.05) is 12.1 Å². The Bertz CT molecular complexity index is 1590. The SMILES string of the molecule is COC(=O)C(NC(=O)c1ccc2cc1OCCOCCOCCOc1ccc(cc1)CNc1nc(nc(OCC(F)(F)F)n1)N2)C1CCCNC1. The molecule has 276 valence electrons. The number of aromatic nitrogens is 3. The number of halogens is 3. The number of nitrogens with zero attached hydrogens (tertiary/aromatic N) is 3. The summed E-state index contributed by atoms with van der Waals surface area (Å²) in [6.45, 7) is 1.43. The normalized spacial score (nSPS) is 18.1. The zero-order valence-corrected chi connectivity index (χ0v) is 27.9. The third-order valence-corrected chi connectivity index (χ3v) is 7.74. The van der Waals surface area contributed by atoms with Crippen molar-refractivity contribution in [1.29, 1.82) is 0 Å². The largest absolute Gasteiger partial charge is 0.491 e. The van der Waals surface area contributed by atoms with Gasteiger partial charge in [0.25, 0.3) is 5.91 Å². The lowest BCUT2D eigenvalue weighted by Gasteiger charge is -2.29. The van der Waals surface area contributed by atoms with E-state index in [-0.39, 0.29) is 55.5 Å². The van der Waals surface area contributed by atoms with Crippen molar-refractivity contribution < 1.29 is 51.2 Å². The molecule has 4 heterocycles. The Morgan fingerprint density at radius 2 is 1.69 bits per heavy atom. The maximum Gasteiger partial charge on any atom is 0.422 e. The van der Waals surface area contributed by atoms with Gasteiger partial charge in [-0.2, -0.15) is 28.1 Å². The van der Waals surface area contributed by atoms with E-state index in [2.05, 4.69) is 36.2 Å². The summed E-state index contributed by atoms with van der Waals surface area (Å²) in [4.78, 5) is 38.6. The number of carbonyl (C=O) groups is 2. The number of amides is 1. The molecule has 1 saturated heterocycles. The molecule has 1 aromatic heterocycles. The highest BCUT2D eigenvalue weighted by atomic mass is 19.4. The average molecular weight is 720 g/mol. The zero-order valence-electron chi connectivity index (χ0n) is 27.9. The number of piperidine rings is 1. The molecule has 4 N–H and O–H groups in total. The van der Waals surface area contributed by atoms with Gasteiger partial charge in [0.15, 0.2) is 6.61 Å². The molecular formula is C33H40F3N7O8. The first-order valence-corrected chi connectivity index (χ1v) is 16.4. The summed E-state index contributed by atoms with van der Waals surface area (Å²) in [5.41, 5.74) is 1.25. The standard InChI is InChI=1S/C33H40F3N7O8/c1-46-29(45)27(22-3-2-10-37-19-22)40-28(44)25-9-6-23-17-26(25)50-16-14-48-12-11-47-13-15-49-24-7-4-21(5-8-24)18-38-30-41-31(39-23)43-32(42-30)51-20-33(34,35)36/h4-9,17,22,27,37H,2-3,10-16,18-20H2,1H3,(H,40,44)(H2,38,39,41,42,43). The molecule has 6 bridgehead atoms. The van der Waals surface area contributed by atoms with Crippen LogP contribution in [-0.4, -0.2) is 105 Å². The van der Waals surface area contributed by atoms with Gasteiger partial charge in [0.2, 0.25) is 11.9 Å². The van der Waals surface area contributed by atoms with E-state index < -0.39 is 36.7 Å². The third kappa shape index (κ3) is 11.8. The molecule has 15 nitrogen and oxygen atoms in total. The fourth-order valence-electron chi connectivity index (χ4n) is 5.25. The van der Waals surface area contributed by atoms with E-state index >= 15 is 0 Å². The molecule has 1 amide bonds. The van der Waals surface area contributed by atoms with Crippen LogP contribution in [0.15, 0.2) is 42.5 Å². The van der Waals surface area contributed by atoms with Crippen molar-refractivity contribution in [1.82, 2.24) is 25.6 Å². The Morgan fingerprint density at radius 1 is 0.961 bits per heavy atom. The molecule has 6 rings (SSSR count). The number of rotatable bonds is 6. The van der Waals surface area contributed by atoms with E-state index in [0.717, 1.165) is 24.9 Å². The van der Waals surface area contributed by atoms with Crippen molar-refractivity contribution in [3.63, 3.8) is 0 Å². The van der Waals surface area contributed by atoms with E-state index in [0.29, 0.717) is 37.8 Å². The molecule has 0 radical (unpaired) electrons. The molecule has 18 heteroatoms. The lowest BCUT2D eigenvalue weighted by atomic mass is 9.91. The molecule has 2 aromatic carbocycles. The fourth-order valence-corrected chi connectivity index (χ4v) is 5.25. The van der Waals surface area contributed by atoms with Crippen LogP contribution < -0.4 is 35.5 Å². The first-order valence-electron chi connectivity index (χ1n) is 16.4. The number of hydrogen-bond acceptors (Lipinski definition) is 14. The fraction of sp³-hybridized carbons (Fsp3) is 0.485. The number of benzene rings is 2. The molecule has 51 heavy (non-hydrogen) atoms. The Morgan fingerprint density at radius 3 is 2.39 bits per heavy atom. The van der Waals surface area contributed by atoms with Crippen molar-refractivity contribution in [2.75, 3.05) is 77.1 Å². The average Bonchev–Trinajstić information content (AvgIpc) is 3.12. The van der Waals surface area contributed by atoms with Gasteiger partial charge < -0.3 is 49.7 Å². The van der Waals surface area contributed by atoms with Gasteiger partial charge in [-0.25, -0.2) is 4.79 Å². The number of esters is 1. The predicted octanol–water partition coefficient (Wildman–Crippen LogP) is 3.24. The second kappa shape index (κ2) is 18.3. The van der Waals surface area contributed by atoms with Crippen molar-refractivity contribution in [2.24, 2.45) is 5.92 Å². The molecule has 0 saturated carbocycles. The molecule has 2 atom stereocenters. The van der Waals surface area contributed by atoms with Crippen LogP contribution in [0.25, 0.3) is 0 Å². The highest BCUT2D eigenvalue weighted by Crippen LogP contribution is 2.27. The summed E-state index contributed by atoms with van der Waals surface area (Å²) in [6, 6.07) is 10.2. The zero-order chi connectivity index (χ0) is 36.1. The number of hydrogen-bond donors (Lipinski definition) is 4. The summed E-state index contributed by atoms with van der Waals surface area (Å²) >= 11 is 0. The molecule has 0 aliphatic carbocycles. The van der Waals surface area contributed by atoms with Crippen LogP contribution in [0.5, 0.6) is 17.5 Å². The van der Waals surface area contributed by atoms with E-state index in [1.165, 1.54) is 25.3 Å². The predicted molar refractivity (Wildman–Crippen MR) is 176 cm³/mol. The number of methoxy groups -OCH3 is 1. The number of anilines is 3. The van der Waals surface area contributed by atoms with Gasteiger partial charge in [0.05, 0.1) is 39.1 Å². The smallest absolute Gasteiger partial charge is 0.422 e. The Hall–Kier alpha value is -4.94. The lowest BCUT2D eigenvalue weighted by Crippen LogP contribution is -2.51. The molecule has 1 fully saturated rings. The van der Waals surface area contributed by atoms with Crippen LogP contribution in [0, 0.1) is 5.92 Å². The van der Waals surface area contributed by atoms with Gasteiger partial charge >= 0.3 is 18.2 Å². The van der Waals surface area contributed by atoms with Crippen LogP contribution in [0.2, 0.25) is 0 Å². The number of alkyl halides is 3. The molecule has 3 aliphatic rings. The number of fused-ring (bicyclic) bond motifs is 12. The van der Waals surface area contributed by atoms with Crippen LogP contribution >= 0.6 is 0 Å². The number of carbonyl (C=O) groups excluding carboxylic acids is 2. The van der Waals surface area contributed by atoms with Crippen LogP contribution in [0.4, 0.5) is 30.8 Å². The molecule has 0 spiro atoms. The summed E-state index contributed by atoms with van der Waals surface area (Å²) < 4.78 is 71.7. The van der Waals surface area contributed by atoms with Crippen molar-refractivity contribution in [2.45, 2.75) is 31.6 Å². The van der Waals surface area contributed by atoms with Crippen LogP contribution in [-0.2, 0) is 25.5 Å². The molecule has 3 aliphatic heterocycles. The maximum atomic E-state index is 13.6. The van der Waals surface area contributed by atoms with E-state index in [1.54, 1.807) is 12.1 Å². The Kier molecular flexibility index (Phi) is 13.4. The Balaban J connectivity index is 1.41. The first-order chi connectivity index (χ1) is 24.7. The number of ether oxygens (including phenoxy) is 6. The van der Waals surface area contributed by atoms with Gasteiger partial charge in [-0.05, 0) is 49.2 Å². The van der Waals surface area contributed by atoms with Gasteiger partial charge in [-0.3, -0.25) is 4.79 Å². The first kappa shape index (κ1) is 37.3. The topological polar surface area (TPSA) is 176 Å². The monoisotopic (exact) mass is 719 g/mol. The summed E-state index contributed by atoms with van der Waals surface area (Å²) in [6.07, 6.45) is -3.07. The van der Waals surface area contributed by atoms with Crippen molar-refractivity contribution in [3.05, 3.63) is 53.6 Å². The lowest BCUT2D eigenvalue weighted by molar-refractivity contribution is -0.154. The molecular weight excluding hydrogens is 679 g/mol. The second-order valence-corrected chi connectivity index (χ2v) is 11.5. The summed E-state index contributed by atoms with van der Waals surface area (Å²) in [7, 11) is 1.26. The van der Waals surface area contributed by atoms with Gasteiger partial charge in [-0.1, -0.05) is 12.1 Å². The van der Waals surface area contributed by atoms with Crippen LogP contribution in [0.3, 0.4) is 0 Å². The second-order valence-electron chi connectivity index (χ2n) is 11.5. The van der Waals surface area contributed by atoms with E-state index in [4.69, 9.17) is 28.4 Å². The van der Waals surface area contributed by atoms with Crippen molar-refractivity contribution >= 4 is 29.5 Å².